The fourth-order valence-corrected chi connectivity index (χ4v) is 5.51. The van der Waals surface area contributed by atoms with Gasteiger partial charge in [0.15, 0.2) is 0 Å². The van der Waals surface area contributed by atoms with Crippen molar-refractivity contribution in [2.45, 2.75) is 64.5 Å². The van der Waals surface area contributed by atoms with Gasteiger partial charge in [-0.1, -0.05) is 55.8 Å². The standard InChI is InChI=1S/C33H40ClF2N3O3/c1-5-12-39(13-6-2)32(42)28-18-23(34)17-27(31(37)41)30(28)26(16-21-14-24(35)19-25(36)15-21)29(40)20-38-33(3,4)22-10-8-7-9-11-22/h7-11,14-15,17-19,26,29,38,40H,5-6,12-13,16,20H2,1-4H3,(H2,37,41)/t26-,29+/m1/s1. The van der Waals surface area contributed by atoms with Crippen LogP contribution in [0.4, 0.5) is 8.78 Å². The molecule has 3 aromatic carbocycles. The van der Waals surface area contributed by atoms with E-state index < -0.39 is 35.1 Å². The third-order valence-corrected chi connectivity index (χ3v) is 7.59. The van der Waals surface area contributed by atoms with Crippen molar-refractivity contribution < 1.29 is 23.5 Å². The van der Waals surface area contributed by atoms with Gasteiger partial charge in [-0.3, -0.25) is 9.59 Å². The molecular formula is C33H40ClF2N3O3. The molecule has 2 atom stereocenters. The third kappa shape index (κ3) is 8.37. The van der Waals surface area contributed by atoms with Crippen LogP contribution in [0.15, 0.2) is 60.7 Å². The molecule has 0 aliphatic heterocycles. The summed E-state index contributed by atoms with van der Waals surface area (Å²) in [5.41, 5.74) is 6.79. The number of halogens is 3. The van der Waals surface area contributed by atoms with Crippen molar-refractivity contribution in [1.29, 1.82) is 0 Å². The molecule has 0 bridgehead atoms. The van der Waals surface area contributed by atoms with Crippen molar-refractivity contribution >= 4 is 23.4 Å². The average molecular weight is 600 g/mol. The van der Waals surface area contributed by atoms with Gasteiger partial charge in [-0.15, -0.1) is 0 Å². The zero-order chi connectivity index (χ0) is 31.0. The molecule has 226 valence electrons. The maximum Gasteiger partial charge on any atom is 0.254 e. The molecule has 0 radical (unpaired) electrons. The van der Waals surface area contributed by atoms with E-state index in [0.29, 0.717) is 25.9 Å². The smallest absolute Gasteiger partial charge is 0.254 e. The second-order valence-electron chi connectivity index (χ2n) is 11.1. The van der Waals surface area contributed by atoms with Crippen LogP contribution in [0.1, 0.15) is 83.9 Å². The van der Waals surface area contributed by atoms with Crippen LogP contribution in [-0.2, 0) is 12.0 Å². The number of hydrogen-bond acceptors (Lipinski definition) is 4. The highest BCUT2D eigenvalue weighted by Gasteiger charge is 2.33. The van der Waals surface area contributed by atoms with Crippen LogP contribution in [-0.4, -0.2) is 47.6 Å². The topological polar surface area (TPSA) is 95.7 Å². The SMILES string of the molecule is CCCN(CCC)C(=O)c1cc(Cl)cc(C(N)=O)c1[C@H](Cc1cc(F)cc(F)c1)[C@@H](O)CNC(C)(C)c1ccccc1. The number of benzene rings is 3. The Morgan fingerprint density at radius 3 is 2.10 bits per heavy atom. The highest BCUT2D eigenvalue weighted by atomic mass is 35.5. The molecule has 42 heavy (non-hydrogen) atoms. The van der Waals surface area contributed by atoms with Crippen molar-refractivity contribution in [3.05, 3.63) is 105 Å². The minimum Gasteiger partial charge on any atom is -0.391 e. The summed E-state index contributed by atoms with van der Waals surface area (Å²) in [5, 5.41) is 15.2. The normalized spacial score (nSPS) is 13.0. The predicted octanol–water partition coefficient (Wildman–Crippen LogP) is 6.19. The number of nitrogens with one attached hydrogen (secondary N) is 1. The molecule has 0 aliphatic rings. The zero-order valence-electron chi connectivity index (χ0n) is 24.6. The van der Waals surface area contributed by atoms with Crippen molar-refractivity contribution in [2.24, 2.45) is 5.73 Å². The van der Waals surface area contributed by atoms with Crippen LogP contribution in [0.2, 0.25) is 5.02 Å². The van der Waals surface area contributed by atoms with Crippen LogP contribution in [0.25, 0.3) is 0 Å². The van der Waals surface area contributed by atoms with Crippen LogP contribution in [0, 0.1) is 11.6 Å². The van der Waals surface area contributed by atoms with Crippen LogP contribution in [0.5, 0.6) is 0 Å². The number of rotatable bonds is 14. The van der Waals surface area contributed by atoms with Crippen molar-refractivity contribution in [1.82, 2.24) is 10.2 Å². The molecule has 0 spiro atoms. The Hall–Kier alpha value is -3.33. The van der Waals surface area contributed by atoms with E-state index in [1.54, 1.807) is 4.90 Å². The molecule has 9 heteroatoms. The molecule has 0 aliphatic carbocycles. The number of carbonyl (C=O) groups is 2. The lowest BCUT2D eigenvalue weighted by molar-refractivity contribution is 0.0750. The summed E-state index contributed by atoms with van der Waals surface area (Å²) in [5.74, 6) is -3.70. The summed E-state index contributed by atoms with van der Waals surface area (Å²) in [6.45, 7) is 8.81. The van der Waals surface area contributed by atoms with E-state index in [9.17, 15) is 23.5 Å². The monoisotopic (exact) mass is 599 g/mol. The van der Waals surface area contributed by atoms with E-state index in [0.717, 1.165) is 11.6 Å². The molecule has 0 saturated carbocycles. The van der Waals surface area contributed by atoms with Gasteiger partial charge in [-0.05, 0) is 74.1 Å². The van der Waals surface area contributed by atoms with Crippen LogP contribution >= 0.6 is 11.6 Å². The molecule has 3 aromatic rings. The van der Waals surface area contributed by atoms with E-state index in [2.05, 4.69) is 5.32 Å². The maximum atomic E-state index is 14.3. The van der Waals surface area contributed by atoms with Gasteiger partial charge < -0.3 is 21.1 Å². The Bertz CT molecular complexity index is 1360. The first-order valence-corrected chi connectivity index (χ1v) is 14.6. The van der Waals surface area contributed by atoms with Crippen molar-refractivity contribution in [3.8, 4) is 0 Å². The van der Waals surface area contributed by atoms with E-state index in [1.165, 1.54) is 24.3 Å². The molecular weight excluding hydrogens is 560 g/mol. The van der Waals surface area contributed by atoms with E-state index in [4.69, 9.17) is 17.3 Å². The number of nitrogens with two attached hydrogens (primary N) is 1. The summed E-state index contributed by atoms with van der Waals surface area (Å²) in [6.07, 6.45) is 0.137. The van der Waals surface area contributed by atoms with E-state index >= 15 is 0 Å². The third-order valence-electron chi connectivity index (χ3n) is 7.38. The summed E-state index contributed by atoms with van der Waals surface area (Å²) in [4.78, 5) is 28.4. The lowest BCUT2D eigenvalue weighted by Gasteiger charge is -2.33. The average Bonchev–Trinajstić information content (AvgIpc) is 2.94. The van der Waals surface area contributed by atoms with Crippen molar-refractivity contribution in [3.63, 3.8) is 0 Å². The van der Waals surface area contributed by atoms with Gasteiger partial charge in [0.05, 0.1) is 6.10 Å². The lowest BCUT2D eigenvalue weighted by atomic mass is 9.81. The quantitative estimate of drug-likeness (QED) is 0.206. The Labute approximate surface area is 251 Å². The summed E-state index contributed by atoms with van der Waals surface area (Å²) >= 11 is 6.39. The van der Waals surface area contributed by atoms with Crippen LogP contribution < -0.4 is 11.1 Å². The largest absolute Gasteiger partial charge is 0.391 e. The number of aliphatic hydroxyl groups is 1. The zero-order valence-corrected chi connectivity index (χ0v) is 25.3. The number of primary amides is 1. The molecule has 0 saturated heterocycles. The number of nitrogens with zero attached hydrogens (tertiary/aromatic N) is 1. The second kappa shape index (κ2) is 14.7. The first kappa shape index (κ1) is 33.2. The van der Waals surface area contributed by atoms with Gasteiger partial charge in [0.1, 0.15) is 11.6 Å². The molecule has 6 nitrogen and oxygen atoms in total. The highest BCUT2D eigenvalue weighted by molar-refractivity contribution is 6.31. The molecule has 3 rings (SSSR count). The summed E-state index contributed by atoms with van der Waals surface area (Å²) < 4.78 is 28.5. The van der Waals surface area contributed by atoms with Crippen molar-refractivity contribution in [2.75, 3.05) is 19.6 Å². The minimum absolute atomic E-state index is 0.0259. The Balaban J connectivity index is 2.17. The first-order chi connectivity index (χ1) is 19.9. The molecule has 0 fully saturated rings. The summed E-state index contributed by atoms with van der Waals surface area (Å²) in [7, 11) is 0. The Kier molecular flexibility index (Phi) is 11.6. The fourth-order valence-electron chi connectivity index (χ4n) is 5.30. The molecule has 0 heterocycles. The second-order valence-corrected chi connectivity index (χ2v) is 11.5. The molecule has 0 aromatic heterocycles. The first-order valence-electron chi connectivity index (χ1n) is 14.2. The van der Waals surface area contributed by atoms with Gasteiger partial charge >= 0.3 is 0 Å². The lowest BCUT2D eigenvalue weighted by Crippen LogP contribution is -2.44. The Morgan fingerprint density at radius 2 is 1.55 bits per heavy atom. The minimum atomic E-state index is -1.20. The van der Waals surface area contributed by atoms with Gasteiger partial charge in [-0.25, -0.2) is 8.78 Å². The predicted molar refractivity (Wildman–Crippen MR) is 163 cm³/mol. The van der Waals surface area contributed by atoms with E-state index in [1.807, 2.05) is 58.0 Å². The fraction of sp³-hybridized carbons (Fsp3) is 0.394. The van der Waals surface area contributed by atoms with Gasteiger partial charge in [0.25, 0.3) is 5.91 Å². The summed E-state index contributed by atoms with van der Waals surface area (Å²) in [6, 6.07) is 15.6. The Morgan fingerprint density at radius 1 is 0.976 bits per heavy atom. The van der Waals surface area contributed by atoms with Gasteiger partial charge in [0.2, 0.25) is 5.91 Å². The number of hydrogen-bond donors (Lipinski definition) is 3. The number of aliphatic hydroxyl groups excluding tert-OH is 1. The van der Waals surface area contributed by atoms with E-state index in [-0.39, 0.29) is 46.1 Å². The van der Waals surface area contributed by atoms with Crippen LogP contribution in [0.3, 0.4) is 0 Å². The molecule has 0 unspecified atom stereocenters. The highest BCUT2D eigenvalue weighted by Crippen LogP contribution is 2.35. The molecule has 2 amide bonds. The molecule has 4 N–H and O–H groups in total. The number of carbonyl (C=O) groups excluding carboxylic acids is 2. The maximum absolute atomic E-state index is 14.3. The number of amides is 2. The van der Waals surface area contributed by atoms with Gasteiger partial charge in [-0.2, -0.15) is 0 Å². The van der Waals surface area contributed by atoms with Gasteiger partial charge in [0, 0.05) is 53.3 Å².